The first kappa shape index (κ1) is 14.3. The molecule has 4 heteroatoms. The first-order valence-corrected chi connectivity index (χ1v) is 8.22. The van der Waals surface area contributed by atoms with Crippen LogP contribution < -0.4 is 5.73 Å². The predicted octanol–water partition coefficient (Wildman–Crippen LogP) is 1.63. The maximum Gasteiger partial charge on any atom is 0.227 e. The highest BCUT2D eigenvalue weighted by Crippen LogP contribution is 2.48. The van der Waals surface area contributed by atoms with Crippen molar-refractivity contribution >= 4 is 5.91 Å². The van der Waals surface area contributed by atoms with Crippen LogP contribution in [0, 0.1) is 23.7 Å². The maximum atomic E-state index is 12.7. The summed E-state index contributed by atoms with van der Waals surface area (Å²) in [7, 11) is 0. The lowest BCUT2D eigenvalue weighted by Gasteiger charge is -2.30. The summed E-state index contributed by atoms with van der Waals surface area (Å²) in [5.41, 5.74) is 6.29. The molecule has 1 heterocycles. The van der Waals surface area contributed by atoms with Gasteiger partial charge in [0.1, 0.15) is 0 Å². The minimum absolute atomic E-state index is 0.0950. The molecule has 5 atom stereocenters. The molecule has 114 valence electrons. The lowest BCUT2D eigenvalue weighted by Crippen LogP contribution is -2.46. The van der Waals surface area contributed by atoms with E-state index >= 15 is 0 Å². The minimum atomic E-state index is 0.0950. The Kier molecular flexibility index (Phi) is 4.04. The number of carbonyl (C=O) groups excluding carboxylic acids is 1. The molecule has 1 aliphatic heterocycles. The Morgan fingerprint density at radius 2 is 2.05 bits per heavy atom. The van der Waals surface area contributed by atoms with Crippen molar-refractivity contribution in [1.82, 2.24) is 4.90 Å². The molecule has 3 rings (SSSR count). The first-order chi connectivity index (χ1) is 9.56. The molecule has 2 saturated carbocycles. The van der Waals surface area contributed by atoms with Crippen LogP contribution in [0.2, 0.25) is 0 Å². The highest BCUT2D eigenvalue weighted by atomic mass is 16.5. The Bertz CT molecular complexity index is 369. The molecule has 0 aromatic heterocycles. The van der Waals surface area contributed by atoms with Gasteiger partial charge in [0.2, 0.25) is 5.91 Å². The second-order valence-corrected chi connectivity index (χ2v) is 7.36. The number of carbonyl (C=O) groups is 1. The normalized spacial score (nSPS) is 40.0. The van der Waals surface area contributed by atoms with Gasteiger partial charge in [0, 0.05) is 25.7 Å². The molecule has 4 nitrogen and oxygen atoms in total. The molecular weight excluding hydrogens is 252 g/mol. The molecule has 3 aliphatic rings. The van der Waals surface area contributed by atoms with Crippen molar-refractivity contribution in [1.29, 1.82) is 0 Å². The van der Waals surface area contributed by atoms with E-state index in [0.717, 1.165) is 26.1 Å². The molecule has 0 aromatic carbocycles. The predicted molar refractivity (Wildman–Crippen MR) is 78.1 cm³/mol. The topological polar surface area (TPSA) is 55.6 Å². The number of nitrogens with two attached hydrogens (primary N) is 1. The molecule has 0 radical (unpaired) electrons. The van der Waals surface area contributed by atoms with Gasteiger partial charge in [-0.05, 0) is 43.4 Å². The lowest BCUT2D eigenvalue weighted by atomic mass is 9.84. The third-order valence-electron chi connectivity index (χ3n) is 5.39. The molecule has 2 bridgehead atoms. The smallest absolute Gasteiger partial charge is 0.227 e. The number of hydrogen-bond acceptors (Lipinski definition) is 3. The van der Waals surface area contributed by atoms with Gasteiger partial charge in [-0.15, -0.1) is 0 Å². The Hall–Kier alpha value is -0.610. The van der Waals surface area contributed by atoms with Crippen LogP contribution in [0.1, 0.15) is 39.5 Å². The quantitative estimate of drug-likeness (QED) is 0.851. The monoisotopic (exact) mass is 280 g/mol. The van der Waals surface area contributed by atoms with E-state index < -0.39 is 0 Å². The summed E-state index contributed by atoms with van der Waals surface area (Å²) in [6.45, 7) is 6.73. The van der Waals surface area contributed by atoms with Crippen LogP contribution in [0.15, 0.2) is 0 Å². The molecule has 2 N–H and O–H groups in total. The Morgan fingerprint density at radius 1 is 1.30 bits per heavy atom. The van der Waals surface area contributed by atoms with Crippen LogP contribution in [0.5, 0.6) is 0 Å². The second kappa shape index (κ2) is 5.64. The minimum Gasteiger partial charge on any atom is -0.376 e. The summed E-state index contributed by atoms with van der Waals surface area (Å²) in [5.74, 6) is 2.11. The van der Waals surface area contributed by atoms with Gasteiger partial charge in [-0.2, -0.15) is 0 Å². The van der Waals surface area contributed by atoms with E-state index in [-0.39, 0.29) is 18.1 Å². The van der Waals surface area contributed by atoms with E-state index in [1.807, 2.05) is 4.90 Å². The number of hydrogen-bond donors (Lipinski definition) is 1. The molecule has 5 unspecified atom stereocenters. The number of nitrogens with zero attached hydrogens (tertiary/aromatic N) is 1. The van der Waals surface area contributed by atoms with Crippen molar-refractivity contribution in [2.24, 2.45) is 29.4 Å². The largest absolute Gasteiger partial charge is 0.376 e. The lowest BCUT2D eigenvalue weighted by molar-refractivity contribution is -0.137. The van der Waals surface area contributed by atoms with Crippen LogP contribution >= 0.6 is 0 Å². The van der Waals surface area contributed by atoms with Gasteiger partial charge in [0.15, 0.2) is 0 Å². The van der Waals surface area contributed by atoms with E-state index in [2.05, 4.69) is 13.8 Å². The zero-order chi connectivity index (χ0) is 14.3. The van der Waals surface area contributed by atoms with E-state index in [1.165, 1.54) is 19.3 Å². The molecule has 1 saturated heterocycles. The maximum absolute atomic E-state index is 12.7. The number of ether oxygens (including phenoxy) is 1. The van der Waals surface area contributed by atoms with Gasteiger partial charge in [-0.25, -0.2) is 0 Å². The molecule has 1 amide bonds. The van der Waals surface area contributed by atoms with Gasteiger partial charge in [0.25, 0.3) is 0 Å². The van der Waals surface area contributed by atoms with Gasteiger partial charge < -0.3 is 15.4 Å². The highest BCUT2D eigenvalue weighted by Gasteiger charge is 2.50. The van der Waals surface area contributed by atoms with E-state index in [1.54, 1.807) is 0 Å². The Morgan fingerprint density at radius 3 is 2.70 bits per heavy atom. The number of likely N-dealkylation sites (tertiary alicyclic amines) is 1. The summed E-state index contributed by atoms with van der Waals surface area (Å²) in [4.78, 5) is 14.7. The summed E-state index contributed by atoms with van der Waals surface area (Å²) in [5, 5.41) is 0. The van der Waals surface area contributed by atoms with Crippen molar-refractivity contribution in [2.75, 3.05) is 19.7 Å². The molecule has 2 aliphatic carbocycles. The van der Waals surface area contributed by atoms with Crippen LogP contribution in [0.3, 0.4) is 0 Å². The highest BCUT2D eigenvalue weighted by molar-refractivity contribution is 5.81. The Balaban J connectivity index is 1.54. The van der Waals surface area contributed by atoms with E-state index in [0.29, 0.717) is 23.7 Å². The van der Waals surface area contributed by atoms with Crippen LogP contribution in [0.4, 0.5) is 0 Å². The molecule has 20 heavy (non-hydrogen) atoms. The van der Waals surface area contributed by atoms with E-state index in [4.69, 9.17) is 10.5 Å². The van der Waals surface area contributed by atoms with Crippen molar-refractivity contribution in [3.05, 3.63) is 0 Å². The summed E-state index contributed by atoms with van der Waals surface area (Å²) >= 11 is 0. The fraction of sp³-hybridized carbons (Fsp3) is 0.938. The molecule has 3 fully saturated rings. The van der Waals surface area contributed by atoms with Crippen LogP contribution in [-0.4, -0.2) is 42.6 Å². The standard InChI is InChI=1S/C16H28N2O2/c1-10(2)9-20-13-5-6-18(8-13)16(19)14-11-3-4-12(7-11)15(14)17/h10-15H,3-9,17H2,1-2H3. The van der Waals surface area contributed by atoms with Crippen molar-refractivity contribution in [2.45, 2.75) is 51.7 Å². The average molecular weight is 280 g/mol. The number of rotatable bonds is 4. The number of fused-ring (bicyclic) bond motifs is 2. The summed E-state index contributed by atoms with van der Waals surface area (Å²) in [6.07, 6.45) is 4.83. The molecule has 0 aromatic rings. The van der Waals surface area contributed by atoms with Crippen molar-refractivity contribution < 1.29 is 9.53 Å². The van der Waals surface area contributed by atoms with E-state index in [9.17, 15) is 4.79 Å². The third-order valence-corrected chi connectivity index (χ3v) is 5.39. The van der Waals surface area contributed by atoms with Crippen LogP contribution in [0.25, 0.3) is 0 Å². The molecule has 0 spiro atoms. The van der Waals surface area contributed by atoms with Crippen molar-refractivity contribution in [3.8, 4) is 0 Å². The average Bonchev–Trinajstić information content (AvgIpc) is 3.11. The third kappa shape index (κ3) is 2.60. The SMILES string of the molecule is CC(C)COC1CCN(C(=O)C2C3CCC(C3)C2N)C1. The fourth-order valence-corrected chi connectivity index (χ4v) is 4.31. The van der Waals surface area contributed by atoms with Crippen molar-refractivity contribution in [3.63, 3.8) is 0 Å². The van der Waals surface area contributed by atoms with Gasteiger partial charge in [-0.3, -0.25) is 4.79 Å². The molecular formula is C16H28N2O2. The van der Waals surface area contributed by atoms with Gasteiger partial charge in [-0.1, -0.05) is 13.8 Å². The summed E-state index contributed by atoms with van der Waals surface area (Å²) in [6, 6.07) is 0.108. The second-order valence-electron chi connectivity index (χ2n) is 7.36. The fourth-order valence-electron chi connectivity index (χ4n) is 4.31. The zero-order valence-corrected chi connectivity index (χ0v) is 12.8. The zero-order valence-electron chi connectivity index (χ0n) is 12.8. The first-order valence-electron chi connectivity index (χ1n) is 8.22. The van der Waals surface area contributed by atoms with Gasteiger partial charge >= 0.3 is 0 Å². The Labute approximate surface area is 122 Å². The summed E-state index contributed by atoms with van der Waals surface area (Å²) < 4.78 is 5.87. The van der Waals surface area contributed by atoms with Gasteiger partial charge in [0.05, 0.1) is 12.0 Å². The van der Waals surface area contributed by atoms with Crippen LogP contribution in [-0.2, 0) is 9.53 Å². The number of amides is 1.